The van der Waals surface area contributed by atoms with Gasteiger partial charge in [0.15, 0.2) is 0 Å². The molecular formula is C22H27N5O2. The molecule has 2 aliphatic rings. The van der Waals surface area contributed by atoms with Crippen LogP contribution >= 0.6 is 0 Å². The molecule has 0 aliphatic carbocycles. The molecule has 2 amide bonds. The minimum absolute atomic E-state index is 0.0140. The lowest BCUT2D eigenvalue weighted by Gasteiger charge is -2.36. The van der Waals surface area contributed by atoms with Crippen LogP contribution in [0.5, 0.6) is 0 Å². The van der Waals surface area contributed by atoms with E-state index in [2.05, 4.69) is 22.0 Å². The molecule has 4 rings (SSSR count). The third kappa shape index (κ3) is 4.09. The van der Waals surface area contributed by atoms with Gasteiger partial charge in [-0.05, 0) is 44.0 Å². The van der Waals surface area contributed by atoms with Gasteiger partial charge in [-0.15, -0.1) is 0 Å². The van der Waals surface area contributed by atoms with E-state index >= 15 is 0 Å². The number of hydrogen-bond acceptors (Lipinski definition) is 5. The van der Waals surface area contributed by atoms with E-state index in [0.717, 1.165) is 49.6 Å². The van der Waals surface area contributed by atoms with Gasteiger partial charge in [0.2, 0.25) is 5.91 Å². The Hall–Kier alpha value is -2.96. The Balaban J connectivity index is 1.47. The van der Waals surface area contributed by atoms with Gasteiger partial charge in [0.1, 0.15) is 5.69 Å². The smallest absolute Gasteiger partial charge is 0.272 e. The van der Waals surface area contributed by atoms with Gasteiger partial charge in [-0.25, -0.2) is 0 Å². The summed E-state index contributed by atoms with van der Waals surface area (Å²) in [4.78, 5) is 39.6. The van der Waals surface area contributed by atoms with Gasteiger partial charge in [-0.1, -0.05) is 6.07 Å². The first-order chi connectivity index (χ1) is 14.0. The third-order valence-corrected chi connectivity index (χ3v) is 5.77. The van der Waals surface area contributed by atoms with Crippen LogP contribution in [-0.4, -0.2) is 64.3 Å². The topological polar surface area (TPSA) is 69.6 Å². The van der Waals surface area contributed by atoms with E-state index in [4.69, 9.17) is 4.98 Å². The predicted octanol–water partition coefficient (Wildman–Crippen LogP) is 2.43. The normalized spacial score (nSPS) is 19.5. The Labute approximate surface area is 171 Å². The number of carbonyl (C=O) groups excluding carboxylic acids is 2. The Morgan fingerprint density at radius 3 is 2.55 bits per heavy atom. The van der Waals surface area contributed by atoms with Crippen LogP contribution in [-0.2, 0) is 4.79 Å². The van der Waals surface area contributed by atoms with Crippen LogP contribution in [0.4, 0.5) is 5.69 Å². The molecule has 0 saturated carbocycles. The summed E-state index contributed by atoms with van der Waals surface area (Å²) >= 11 is 0. The van der Waals surface area contributed by atoms with Crippen molar-refractivity contribution in [3.63, 3.8) is 0 Å². The second kappa shape index (κ2) is 8.19. The summed E-state index contributed by atoms with van der Waals surface area (Å²) in [6.07, 6.45) is 3.63. The van der Waals surface area contributed by atoms with Crippen molar-refractivity contribution in [1.82, 2.24) is 19.8 Å². The fraction of sp³-hybridized carbons (Fsp3) is 0.455. The summed E-state index contributed by atoms with van der Waals surface area (Å²) in [5.74, 6) is 0.0962. The molecule has 0 spiro atoms. The first-order valence-corrected chi connectivity index (χ1v) is 10.2. The van der Waals surface area contributed by atoms with Gasteiger partial charge in [0.25, 0.3) is 5.91 Å². The molecule has 2 aliphatic heterocycles. The maximum atomic E-state index is 12.6. The molecule has 0 unspecified atom stereocenters. The minimum atomic E-state index is -0.0140. The largest absolute Gasteiger partial charge is 0.368 e. The van der Waals surface area contributed by atoms with E-state index in [1.807, 2.05) is 28.9 Å². The van der Waals surface area contributed by atoms with Crippen LogP contribution in [0.25, 0.3) is 0 Å². The van der Waals surface area contributed by atoms with Gasteiger partial charge < -0.3 is 14.7 Å². The number of anilines is 1. The van der Waals surface area contributed by atoms with E-state index in [0.29, 0.717) is 18.8 Å². The highest BCUT2D eigenvalue weighted by atomic mass is 16.2. The SMILES string of the molecule is CC(=O)N1CCC[C@H]1c1cc(N2CCN(C(=O)c3ccccn3)CC2)cc(C)n1. The number of amides is 2. The highest BCUT2D eigenvalue weighted by Gasteiger charge is 2.30. The van der Waals surface area contributed by atoms with Crippen molar-refractivity contribution in [1.29, 1.82) is 0 Å². The number of aryl methyl sites for hydroxylation is 1. The molecule has 2 fully saturated rings. The Bertz CT molecular complexity index is 893. The second-order valence-electron chi connectivity index (χ2n) is 7.76. The zero-order valence-electron chi connectivity index (χ0n) is 17.0. The molecule has 2 saturated heterocycles. The first-order valence-electron chi connectivity index (χ1n) is 10.2. The molecule has 2 aromatic heterocycles. The fourth-order valence-corrected chi connectivity index (χ4v) is 4.30. The maximum absolute atomic E-state index is 12.6. The number of likely N-dealkylation sites (tertiary alicyclic amines) is 1. The highest BCUT2D eigenvalue weighted by molar-refractivity contribution is 5.92. The lowest BCUT2D eigenvalue weighted by atomic mass is 10.1. The average molecular weight is 393 g/mol. The van der Waals surface area contributed by atoms with Crippen molar-refractivity contribution in [2.75, 3.05) is 37.6 Å². The molecule has 2 aromatic rings. The standard InChI is InChI=1S/C22H27N5O2/c1-16-14-18(15-20(24-16)21-7-5-9-27(21)17(2)28)25-10-12-26(13-11-25)22(29)19-6-3-4-8-23-19/h3-4,6,8,14-15,21H,5,7,9-13H2,1-2H3/t21-/m0/s1. The third-order valence-electron chi connectivity index (χ3n) is 5.77. The van der Waals surface area contributed by atoms with Gasteiger partial charge in [-0.2, -0.15) is 0 Å². The van der Waals surface area contributed by atoms with Gasteiger partial charge in [0, 0.05) is 57.2 Å². The molecule has 7 nitrogen and oxygen atoms in total. The number of pyridine rings is 2. The summed E-state index contributed by atoms with van der Waals surface area (Å²) in [7, 11) is 0. The van der Waals surface area contributed by atoms with Gasteiger partial charge in [-0.3, -0.25) is 19.6 Å². The molecular weight excluding hydrogens is 366 g/mol. The van der Waals surface area contributed by atoms with Crippen molar-refractivity contribution in [3.05, 3.63) is 53.6 Å². The number of piperazine rings is 1. The maximum Gasteiger partial charge on any atom is 0.272 e. The molecule has 0 N–H and O–H groups in total. The average Bonchev–Trinajstić information content (AvgIpc) is 3.24. The molecule has 7 heteroatoms. The van der Waals surface area contributed by atoms with Crippen molar-refractivity contribution in [2.24, 2.45) is 0 Å². The van der Waals surface area contributed by atoms with Gasteiger partial charge >= 0.3 is 0 Å². The monoisotopic (exact) mass is 393 g/mol. The Morgan fingerprint density at radius 2 is 1.86 bits per heavy atom. The van der Waals surface area contributed by atoms with Gasteiger partial charge in [0.05, 0.1) is 11.7 Å². The van der Waals surface area contributed by atoms with E-state index in [9.17, 15) is 9.59 Å². The summed E-state index contributed by atoms with van der Waals surface area (Å²) in [5, 5.41) is 0. The van der Waals surface area contributed by atoms with Crippen LogP contribution in [0.2, 0.25) is 0 Å². The van der Waals surface area contributed by atoms with Crippen LogP contribution < -0.4 is 4.90 Å². The van der Waals surface area contributed by atoms with E-state index in [1.54, 1.807) is 19.2 Å². The number of hydrogen-bond donors (Lipinski definition) is 0. The number of aromatic nitrogens is 2. The summed E-state index contributed by atoms with van der Waals surface area (Å²) in [6, 6.07) is 9.69. The lowest BCUT2D eigenvalue weighted by molar-refractivity contribution is -0.129. The zero-order valence-corrected chi connectivity index (χ0v) is 17.0. The van der Waals surface area contributed by atoms with E-state index < -0.39 is 0 Å². The van der Waals surface area contributed by atoms with Crippen LogP contribution in [0.3, 0.4) is 0 Å². The van der Waals surface area contributed by atoms with Crippen LogP contribution in [0.1, 0.15) is 47.7 Å². The molecule has 0 radical (unpaired) electrons. The van der Waals surface area contributed by atoms with Crippen molar-refractivity contribution >= 4 is 17.5 Å². The van der Waals surface area contributed by atoms with E-state index in [1.165, 1.54) is 0 Å². The number of carbonyl (C=O) groups is 2. The Morgan fingerprint density at radius 1 is 1.07 bits per heavy atom. The van der Waals surface area contributed by atoms with Crippen LogP contribution in [0, 0.1) is 6.92 Å². The Kier molecular flexibility index (Phi) is 5.47. The van der Waals surface area contributed by atoms with Crippen molar-refractivity contribution in [3.8, 4) is 0 Å². The summed E-state index contributed by atoms with van der Waals surface area (Å²) in [6.45, 7) is 7.29. The molecule has 1 atom stereocenters. The predicted molar refractivity (Wildman–Crippen MR) is 111 cm³/mol. The summed E-state index contributed by atoms with van der Waals surface area (Å²) < 4.78 is 0. The molecule has 0 aromatic carbocycles. The zero-order chi connectivity index (χ0) is 20.4. The second-order valence-corrected chi connectivity index (χ2v) is 7.76. The quantitative estimate of drug-likeness (QED) is 0.801. The molecule has 152 valence electrons. The van der Waals surface area contributed by atoms with Crippen molar-refractivity contribution < 1.29 is 9.59 Å². The fourth-order valence-electron chi connectivity index (χ4n) is 4.30. The summed E-state index contributed by atoms with van der Waals surface area (Å²) in [5.41, 5.74) is 3.54. The molecule has 29 heavy (non-hydrogen) atoms. The number of nitrogens with zero attached hydrogens (tertiary/aromatic N) is 5. The highest BCUT2D eigenvalue weighted by Crippen LogP contribution is 2.33. The van der Waals surface area contributed by atoms with Crippen LogP contribution in [0.15, 0.2) is 36.5 Å². The minimum Gasteiger partial charge on any atom is -0.368 e. The first kappa shape index (κ1) is 19.4. The molecule has 0 bridgehead atoms. The molecule has 4 heterocycles. The van der Waals surface area contributed by atoms with E-state index in [-0.39, 0.29) is 17.9 Å². The lowest BCUT2D eigenvalue weighted by Crippen LogP contribution is -2.49. The van der Waals surface area contributed by atoms with Crippen molar-refractivity contribution in [2.45, 2.75) is 32.7 Å². The number of rotatable bonds is 3.